The zero-order valence-corrected chi connectivity index (χ0v) is 18.1. The molecular weight excluding hydrogens is 459 g/mol. The largest absolute Gasteiger partial charge is 0.417 e. The molecule has 0 spiro atoms. The minimum atomic E-state index is -4.49. The van der Waals surface area contributed by atoms with E-state index in [9.17, 15) is 26.7 Å². The van der Waals surface area contributed by atoms with E-state index in [-0.39, 0.29) is 29.5 Å². The molecule has 0 saturated carbocycles. The Labute approximate surface area is 191 Å². The Morgan fingerprint density at radius 2 is 1.91 bits per heavy atom. The van der Waals surface area contributed by atoms with Gasteiger partial charge in [-0.3, -0.25) is 4.79 Å². The molecule has 4 rings (SSSR count). The third kappa shape index (κ3) is 4.85. The van der Waals surface area contributed by atoms with Crippen LogP contribution in [0.1, 0.15) is 35.7 Å². The van der Waals surface area contributed by atoms with Crippen molar-refractivity contribution in [3.8, 4) is 5.69 Å². The van der Waals surface area contributed by atoms with Crippen molar-refractivity contribution in [1.29, 1.82) is 0 Å². The van der Waals surface area contributed by atoms with Gasteiger partial charge >= 0.3 is 6.18 Å². The van der Waals surface area contributed by atoms with E-state index in [0.717, 1.165) is 29.5 Å². The molecule has 1 aromatic carbocycles. The second kappa shape index (κ2) is 9.35. The number of rotatable bonds is 5. The molecule has 3 heterocycles. The van der Waals surface area contributed by atoms with Crippen LogP contribution in [0.2, 0.25) is 0 Å². The van der Waals surface area contributed by atoms with Crippen molar-refractivity contribution >= 4 is 11.7 Å². The van der Waals surface area contributed by atoms with Crippen LogP contribution in [0.3, 0.4) is 0 Å². The van der Waals surface area contributed by atoms with Crippen LogP contribution in [0.4, 0.5) is 27.8 Å². The van der Waals surface area contributed by atoms with Crippen molar-refractivity contribution in [3.63, 3.8) is 0 Å². The van der Waals surface area contributed by atoms with E-state index >= 15 is 0 Å². The number of anilines is 1. The first-order chi connectivity index (χ1) is 16.1. The number of halogens is 5. The monoisotopic (exact) mass is 480 g/mol. The number of alkyl halides is 3. The maximum atomic E-state index is 14.6. The summed E-state index contributed by atoms with van der Waals surface area (Å²) in [7, 11) is 0. The molecular formula is C22H21F5N6O. The van der Waals surface area contributed by atoms with E-state index in [0.29, 0.717) is 19.0 Å². The van der Waals surface area contributed by atoms with Gasteiger partial charge in [0.05, 0.1) is 29.6 Å². The lowest BCUT2D eigenvalue weighted by Gasteiger charge is -2.40. The quantitative estimate of drug-likeness (QED) is 0.551. The van der Waals surface area contributed by atoms with Crippen LogP contribution in [0.5, 0.6) is 0 Å². The van der Waals surface area contributed by atoms with Crippen LogP contribution in [0.25, 0.3) is 5.69 Å². The Balaban J connectivity index is 1.59. The molecule has 12 heteroatoms. The van der Waals surface area contributed by atoms with Crippen LogP contribution >= 0.6 is 0 Å². The maximum absolute atomic E-state index is 14.6. The van der Waals surface area contributed by atoms with Gasteiger partial charge in [0, 0.05) is 25.4 Å². The molecule has 1 aliphatic rings. The number of nitrogens with one attached hydrogen (secondary N) is 1. The zero-order chi connectivity index (χ0) is 24.5. The van der Waals surface area contributed by atoms with E-state index in [1.165, 1.54) is 23.4 Å². The highest BCUT2D eigenvalue weighted by Crippen LogP contribution is 2.30. The van der Waals surface area contributed by atoms with Crippen LogP contribution in [-0.4, -0.2) is 49.9 Å². The van der Waals surface area contributed by atoms with Crippen molar-refractivity contribution in [2.24, 2.45) is 5.92 Å². The number of aromatic nitrogens is 4. The zero-order valence-electron chi connectivity index (χ0n) is 18.1. The Bertz CT molecular complexity index is 1150. The topological polar surface area (TPSA) is 75.9 Å². The first-order valence-electron chi connectivity index (χ1n) is 10.6. The number of hydrogen-bond acceptors (Lipinski definition) is 5. The lowest BCUT2D eigenvalue weighted by Crippen LogP contribution is -2.51. The van der Waals surface area contributed by atoms with Crippen molar-refractivity contribution < 1.29 is 26.7 Å². The lowest BCUT2D eigenvalue weighted by molar-refractivity contribution is -0.137. The number of likely N-dealkylation sites (tertiary alicyclic amines) is 1. The van der Waals surface area contributed by atoms with E-state index in [1.807, 2.05) is 6.92 Å². The summed E-state index contributed by atoms with van der Waals surface area (Å²) in [4.78, 5) is 19.7. The number of hydrogen-bond donors (Lipinski definition) is 1. The van der Waals surface area contributed by atoms with E-state index in [2.05, 4.69) is 20.5 Å². The lowest BCUT2D eigenvalue weighted by atomic mass is 9.90. The maximum Gasteiger partial charge on any atom is 0.417 e. The summed E-state index contributed by atoms with van der Waals surface area (Å²) in [5.74, 6) is -2.25. The van der Waals surface area contributed by atoms with Gasteiger partial charge in [-0.2, -0.15) is 23.4 Å². The molecule has 2 unspecified atom stereocenters. The van der Waals surface area contributed by atoms with Crippen molar-refractivity contribution in [2.45, 2.75) is 32.0 Å². The predicted molar refractivity (Wildman–Crippen MR) is 112 cm³/mol. The number of nitrogens with zero attached hydrogens (tertiary/aromatic N) is 5. The van der Waals surface area contributed by atoms with Crippen LogP contribution < -0.4 is 5.32 Å². The summed E-state index contributed by atoms with van der Waals surface area (Å²) >= 11 is 0. The van der Waals surface area contributed by atoms with Gasteiger partial charge in [-0.15, -0.1) is 4.80 Å². The Morgan fingerprint density at radius 1 is 1.18 bits per heavy atom. The molecule has 1 amide bonds. The van der Waals surface area contributed by atoms with E-state index in [4.69, 9.17) is 0 Å². The fourth-order valence-corrected chi connectivity index (χ4v) is 4.11. The summed E-state index contributed by atoms with van der Waals surface area (Å²) < 4.78 is 67.0. The molecule has 180 valence electrons. The number of carbonyl (C=O) groups excluding carboxylic acids is 1. The summed E-state index contributed by atoms with van der Waals surface area (Å²) in [6.45, 7) is 2.48. The number of pyridine rings is 1. The van der Waals surface area contributed by atoms with Gasteiger partial charge < -0.3 is 10.2 Å². The third-order valence-corrected chi connectivity index (χ3v) is 5.84. The van der Waals surface area contributed by atoms with Gasteiger partial charge in [-0.05, 0) is 37.0 Å². The molecule has 0 radical (unpaired) electrons. The second-order valence-corrected chi connectivity index (χ2v) is 8.10. The average Bonchev–Trinajstić information content (AvgIpc) is 3.31. The van der Waals surface area contributed by atoms with Gasteiger partial charge in [0.15, 0.2) is 5.82 Å². The molecule has 3 aromatic rings. The minimum Gasteiger partial charge on any atom is -0.368 e. The normalized spacial score (nSPS) is 18.7. The highest BCUT2D eigenvalue weighted by Gasteiger charge is 2.35. The fourth-order valence-electron chi connectivity index (χ4n) is 4.11. The molecule has 1 N–H and O–H groups in total. The van der Waals surface area contributed by atoms with Crippen molar-refractivity contribution in [1.82, 2.24) is 24.9 Å². The summed E-state index contributed by atoms with van der Waals surface area (Å²) in [5.41, 5.74) is -1.35. The van der Waals surface area contributed by atoms with Crippen LogP contribution in [0, 0.1) is 17.6 Å². The van der Waals surface area contributed by atoms with Gasteiger partial charge in [-0.1, -0.05) is 6.92 Å². The van der Waals surface area contributed by atoms with Gasteiger partial charge in [0.1, 0.15) is 17.3 Å². The molecule has 2 atom stereocenters. The van der Waals surface area contributed by atoms with Crippen molar-refractivity contribution in [2.75, 3.05) is 18.4 Å². The number of amides is 1. The number of benzene rings is 1. The van der Waals surface area contributed by atoms with Crippen LogP contribution in [-0.2, 0) is 6.18 Å². The van der Waals surface area contributed by atoms with Crippen molar-refractivity contribution in [3.05, 3.63) is 65.6 Å². The molecule has 2 aromatic heterocycles. The molecule has 34 heavy (non-hydrogen) atoms. The smallest absolute Gasteiger partial charge is 0.368 e. The Kier molecular flexibility index (Phi) is 6.49. The molecule has 1 aliphatic heterocycles. The van der Waals surface area contributed by atoms with E-state index < -0.39 is 35.3 Å². The first-order valence-corrected chi connectivity index (χ1v) is 10.6. The van der Waals surface area contributed by atoms with Gasteiger partial charge in [0.25, 0.3) is 5.91 Å². The average molecular weight is 480 g/mol. The second-order valence-electron chi connectivity index (χ2n) is 8.10. The third-order valence-electron chi connectivity index (χ3n) is 5.84. The predicted octanol–water partition coefficient (Wildman–Crippen LogP) is 4.31. The Hall–Kier alpha value is -3.57. The van der Waals surface area contributed by atoms with Crippen LogP contribution in [0.15, 0.2) is 42.9 Å². The van der Waals surface area contributed by atoms with E-state index in [1.54, 1.807) is 0 Å². The summed E-state index contributed by atoms with van der Waals surface area (Å²) in [6, 6.07) is 3.34. The standard InChI is InChI=1S/C22H21F5N6O/c1-13-3-2-8-32(18(13)12-29-19-5-4-14(11-28-19)22(25,26)27)21(34)16-9-15(23)10-17(24)20(16)33-30-6-7-31-33/h4-7,9-11,13,18H,2-3,8,12H2,1H3,(H,28,29). The first kappa shape index (κ1) is 23.6. The molecule has 0 aliphatic carbocycles. The van der Waals surface area contributed by atoms with Gasteiger partial charge in [-0.25, -0.2) is 13.8 Å². The molecule has 1 saturated heterocycles. The molecule has 0 bridgehead atoms. The molecule has 7 nitrogen and oxygen atoms in total. The Morgan fingerprint density at radius 3 is 2.56 bits per heavy atom. The highest BCUT2D eigenvalue weighted by atomic mass is 19.4. The number of carbonyl (C=O) groups is 1. The SMILES string of the molecule is CC1CCCN(C(=O)c2cc(F)cc(F)c2-n2nccn2)C1CNc1ccc(C(F)(F)F)cn1. The number of piperidine rings is 1. The fraction of sp³-hybridized carbons (Fsp3) is 0.364. The van der Waals surface area contributed by atoms with Gasteiger partial charge in [0.2, 0.25) is 0 Å². The summed E-state index contributed by atoms with van der Waals surface area (Å²) in [6.07, 6.45) is 0.354. The molecule has 1 fully saturated rings. The highest BCUT2D eigenvalue weighted by molar-refractivity contribution is 5.98. The minimum absolute atomic E-state index is 0.0179. The summed E-state index contributed by atoms with van der Waals surface area (Å²) in [5, 5.41) is 10.7.